The molecule has 2 heterocycles. The monoisotopic (exact) mass is 430 g/mol. The van der Waals surface area contributed by atoms with Gasteiger partial charge in [0.15, 0.2) is 0 Å². The van der Waals surface area contributed by atoms with Crippen LogP contribution >= 0.6 is 0 Å². The Bertz CT molecular complexity index is 711. The summed E-state index contributed by atoms with van der Waals surface area (Å²) in [5.74, 6) is 7.28. The highest BCUT2D eigenvalue weighted by molar-refractivity contribution is 5.11. The lowest BCUT2D eigenvalue weighted by molar-refractivity contribution is -0.955. The maximum Gasteiger partial charge on any atom is 0.0917 e. The molecule has 3 nitrogen and oxygen atoms in total. The Kier molecular flexibility index (Phi) is 4.97. The quantitative estimate of drug-likeness (QED) is 0.547. The molecule has 6 rings (SSSR count). The van der Waals surface area contributed by atoms with Gasteiger partial charge >= 0.3 is 0 Å². The Balaban J connectivity index is 1.30. The molecule has 0 bridgehead atoms. The van der Waals surface area contributed by atoms with Gasteiger partial charge in [-0.15, -0.1) is 0 Å². The lowest BCUT2D eigenvalue weighted by Gasteiger charge is -2.60. The zero-order chi connectivity index (χ0) is 21.7. The number of rotatable bonds is 0. The van der Waals surface area contributed by atoms with E-state index >= 15 is 0 Å². The Morgan fingerprint density at radius 2 is 1.52 bits per heavy atom. The summed E-state index contributed by atoms with van der Waals surface area (Å²) >= 11 is 0. The molecule has 0 aromatic heterocycles. The third-order valence-corrected chi connectivity index (χ3v) is 12.7. The van der Waals surface area contributed by atoms with Crippen molar-refractivity contribution in [3.05, 3.63) is 0 Å². The lowest BCUT2D eigenvalue weighted by atomic mass is 9.51. The van der Waals surface area contributed by atoms with E-state index in [1.807, 2.05) is 0 Å². The van der Waals surface area contributed by atoms with Crippen LogP contribution in [0.15, 0.2) is 0 Å². The number of aliphatic hydroxyl groups is 2. The van der Waals surface area contributed by atoms with Gasteiger partial charge in [-0.3, -0.25) is 0 Å². The highest BCUT2D eigenvalue weighted by atomic mass is 16.3. The van der Waals surface area contributed by atoms with Gasteiger partial charge in [0.05, 0.1) is 38.4 Å². The molecule has 0 amide bonds. The molecule has 0 radical (unpaired) electrons. The van der Waals surface area contributed by atoms with Crippen molar-refractivity contribution >= 4 is 0 Å². The van der Waals surface area contributed by atoms with Gasteiger partial charge in [0.25, 0.3) is 0 Å². The molecule has 7 unspecified atom stereocenters. The Morgan fingerprint density at radius 1 is 0.742 bits per heavy atom. The number of quaternary nitrogens is 1. The van der Waals surface area contributed by atoms with Gasteiger partial charge in [-0.25, -0.2) is 0 Å². The van der Waals surface area contributed by atoms with Crippen molar-refractivity contribution in [1.82, 2.24) is 0 Å². The fourth-order valence-electron chi connectivity index (χ4n) is 11.5. The van der Waals surface area contributed by atoms with Crippen LogP contribution < -0.4 is 0 Å². The fourth-order valence-corrected chi connectivity index (χ4v) is 11.5. The molecule has 6 fully saturated rings. The van der Waals surface area contributed by atoms with Gasteiger partial charge in [-0.2, -0.15) is 0 Å². The molecule has 6 aliphatic rings. The van der Waals surface area contributed by atoms with Crippen molar-refractivity contribution in [3.63, 3.8) is 0 Å². The first-order valence-electron chi connectivity index (χ1n) is 13.9. The number of hydrogen-bond acceptors (Lipinski definition) is 2. The highest BCUT2D eigenvalue weighted by Gasteiger charge is 2.64. The third-order valence-electron chi connectivity index (χ3n) is 12.7. The SMILES string of the molecule is CC1CC[C@H]2[C@H](C)[C@H]3CC[C@H]4C5CC(O)[C@H]6CC(O)CCC6(C)[C@H]5C[C@H]4C3C[N+]2(C)C1. The molecular weight excluding hydrogens is 382 g/mol. The molecule has 2 saturated heterocycles. The number of hydrogen-bond donors (Lipinski definition) is 2. The maximum atomic E-state index is 11.2. The average Bonchev–Trinajstić information content (AvgIpc) is 3.09. The van der Waals surface area contributed by atoms with E-state index in [0.717, 1.165) is 79.1 Å². The number of aliphatic hydroxyl groups excluding tert-OH is 2. The van der Waals surface area contributed by atoms with Crippen LogP contribution in [0.5, 0.6) is 0 Å². The summed E-state index contributed by atoms with van der Waals surface area (Å²) in [6.45, 7) is 10.5. The Hall–Kier alpha value is -0.120. The third kappa shape index (κ3) is 3.01. The van der Waals surface area contributed by atoms with E-state index in [1.54, 1.807) is 0 Å². The summed E-state index contributed by atoms with van der Waals surface area (Å²) in [6.07, 6.45) is 10.8. The average molecular weight is 431 g/mol. The van der Waals surface area contributed by atoms with E-state index < -0.39 is 0 Å². The molecule has 0 aromatic carbocycles. The Morgan fingerprint density at radius 3 is 2.32 bits per heavy atom. The first kappa shape index (κ1) is 21.4. The first-order valence-corrected chi connectivity index (χ1v) is 13.9. The van der Waals surface area contributed by atoms with Gasteiger partial charge < -0.3 is 14.7 Å². The number of piperidine rings is 2. The van der Waals surface area contributed by atoms with E-state index in [-0.39, 0.29) is 17.6 Å². The van der Waals surface area contributed by atoms with Crippen LogP contribution in [0.25, 0.3) is 0 Å². The molecule has 176 valence electrons. The number of nitrogens with zero attached hydrogens (tertiary/aromatic N) is 1. The van der Waals surface area contributed by atoms with E-state index in [0.29, 0.717) is 5.92 Å². The van der Waals surface area contributed by atoms with E-state index in [9.17, 15) is 10.2 Å². The maximum absolute atomic E-state index is 11.2. The molecular formula is C28H48NO2+. The van der Waals surface area contributed by atoms with Crippen LogP contribution in [-0.2, 0) is 0 Å². The summed E-state index contributed by atoms with van der Waals surface area (Å²) in [5, 5.41) is 21.6. The second-order valence-corrected chi connectivity index (χ2v) is 14.0. The summed E-state index contributed by atoms with van der Waals surface area (Å²) in [5.41, 5.74) is 0.259. The smallest absolute Gasteiger partial charge is 0.0917 e. The zero-order valence-corrected chi connectivity index (χ0v) is 20.5. The second-order valence-electron chi connectivity index (χ2n) is 14.0. The molecule has 2 aliphatic heterocycles. The highest BCUT2D eigenvalue weighted by Crippen LogP contribution is 2.67. The van der Waals surface area contributed by atoms with Crippen molar-refractivity contribution < 1.29 is 14.7 Å². The minimum absolute atomic E-state index is 0.181. The Labute approximate surface area is 190 Å². The normalized spacial score (nSPS) is 63.3. The predicted molar refractivity (Wildman–Crippen MR) is 124 cm³/mol. The zero-order valence-electron chi connectivity index (χ0n) is 20.5. The molecule has 31 heavy (non-hydrogen) atoms. The molecule has 4 aliphatic carbocycles. The molecule has 2 N–H and O–H groups in total. The second kappa shape index (κ2) is 7.19. The largest absolute Gasteiger partial charge is 0.393 e. The van der Waals surface area contributed by atoms with Gasteiger partial charge in [-0.1, -0.05) is 20.8 Å². The first-order chi connectivity index (χ1) is 14.7. The van der Waals surface area contributed by atoms with Crippen LogP contribution in [0.2, 0.25) is 0 Å². The van der Waals surface area contributed by atoms with Gasteiger partial charge in [-0.05, 0) is 92.3 Å². The lowest BCUT2D eigenvalue weighted by Crippen LogP contribution is -2.67. The molecule has 4 saturated carbocycles. The van der Waals surface area contributed by atoms with Crippen molar-refractivity contribution in [3.8, 4) is 0 Å². The van der Waals surface area contributed by atoms with Gasteiger partial charge in [0, 0.05) is 24.2 Å². The molecule has 0 aromatic rings. The van der Waals surface area contributed by atoms with Crippen molar-refractivity contribution in [1.29, 1.82) is 0 Å². The predicted octanol–water partition coefficient (Wildman–Crippen LogP) is 4.71. The van der Waals surface area contributed by atoms with Crippen molar-refractivity contribution in [2.75, 3.05) is 20.1 Å². The summed E-state index contributed by atoms with van der Waals surface area (Å²) in [6, 6.07) is 0.904. The van der Waals surface area contributed by atoms with Gasteiger partial charge in [0.2, 0.25) is 0 Å². The van der Waals surface area contributed by atoms with Gasteiger partial charge in [0.1, 0.15) is 0 Å². The summed E-state index contributed by atoms with van der Waals surface area (Å²) in [7, 11) is 2.61. The van der Waals surface area contributed by atoms with Crippen LogP contribution in [0.4, 0.5) is 0 Å². The molecule has 14 atom stereocenters. The van der Waals surface area contributed by atoms with Crippen molar-refractivity contribution in [2.24, 2.45) is 58.7 Å². The summed E-state index contributed by atoms with van der Waals surface area (Å²) < 4.78 is 1.36. The topological polar surface area (TPSA) is 40.5 Å². The van der Waals surface area contributed by atoms with Crippen LogP contribution in [-0.4, -0.2) is 53.1 Å². The fraction of sp³-hybridized carbons (Fsp3) is 1.00. The molecule has 3 heteroatoms. The standard InChI is InChI=1S/C28H48NO2/c1-16-5-8-26-17(2)19-6-7-20-21(23(19)15-29(26,4)14-16)12-24-22(20)13-27(31)25-11-18(30)9-10-28(24,25)3/h16-27,30-31H,5-15H2,1-4H3/q+1/t16?,17-,18?,19-,20-,21-,22?,23?,24+,25-,26+,27?,28?,29?/m1/s1. The van der Waals surface area contributed by atoms with E-state index in [2.05, 4.69) is 27.8 Å². The minimum atomic E-state index is -0.181. The molecule has 0 spiro atoms. The van der Waals surface area contributed by atoms with Crippen LogP contribution in [0.1, 0.15) is 78.6 Å². The number of fused-ring (bicyclic) bond motifs is 8. The van der Waals surface area contributed by atoms with Crippen LogP contribution in [0.3, 0.4) is 0 Å². The van der Waals surface area contributed by atoms with E-state index in [1.165, 1.54) is 49.7 Å². The van der Waals surface area contributed by atoms with E-state index in [4.69, 9.17) is 0 Å². The minimum Gasteiger partial charge on any atom is -0.393 e. The van der Waals surface area contributed by atoms with Crippen molar-refractivity contribution in [2.45, 2.75) is 96.8 Å². The summed E-state index contributed by atoms with van der Waals surface area (Å²) in [4.78, 5) is 0. The van der Waals surface area contributed by atoms with Crippen LogP contribution in [0, 0.1) is 58.7 Å².